The van der Waals surface area contributed by atoms with Crippen molar-refractivity contribution in [2.24, 2.45) is 5.10 Å². The van der Waals surface area contributed by atoms with Crippen LogP contribution in [0, 0.1) is 0 Å². The van der Waals surface area contributed by atoms with Crippen LogP contribution in [0.2, 0.25) is 0 Å². The number of nitrogens with one attached hydrogen (secondary N) is 1. The van der Waals surface area contributed by atoms with Crippen LogP contribution in [-0.4, -0.2) is 45.5 Å². The first-order valence-corrected chi connectivity index (χ1v) is 12.1. The summed E-state index contributed by atoms with van der Waals surface area (Å²) in [5.41, 5.74) is 3.35. The molecular weight excluding hydrogens is 500 g/mol. The second kappa shape index (κ2) is 13.0. The molecule has 0 saturated carbocycles. The minimum atomic E-state index is -0.586. The van der Waals surface area contributed by atoms with E-state index in [1.165, 1.54) is 26.5 Å². The van der Waals surface area contributed by atoms with Gasteiger partial charge in [0.05, 0.1) is 32.6 Å². The maximum atomic E-state index is 12.7. The minimum absolute atomic E-state index is 0.190. The Kier molecular flexibility index (Phi) is 8.97. The molecule has 4 aromatic carbocycles. The fourth-order valence-corrected chi connectivity index (χ4v) is 3.70. The van der Waals surface area contributed by atoms with Crippen molar-refractivity contribution in [2.45, 2.75) is 6.92 Å². The van der Waals surface area contributed by atoms with Gasteiger partial charge < -0.3 is 23.7 Å². The molecule has 0 unspecified atom stereocenters. The molecular formula is C30H28N2O7. The molecule has 0 saturated heterocycles. The van der Waals surface area contributed by atoms with E-state index in [0.717, 1.165) is 10.8 Å². The highest BCUT2D eigenvalue weighted by atomic mass is 16.6. The summed E-state index contributed by atoms with van der Waals surface area (Å²) in [4.78, 5) is 24.9. The van der Waals surface area contributed by atoms with Crippen molar-refractivity contribution in [3.63, 3.8) is 0 Å². The van der Waals surface area contributed by atoms with Crippen LogP contribution in [0.15, 0.2) is 84.0 Å². The quantitative estimate of drug-likeness (QED) is 0.126. The lowest BCUT2D eigenvalue weighted by molar-refractivity contribution is -0.123. The number of methoxy groups -OCH3 is 2. The van der Waals surface area contributed by atoms with Crippen LogP contribution >= 0.6 is 0 Å². The number of fused-ring (bicyclic) bond motifs is 1. The van der Waals surface area contributed by atoms with Gasteiger partial charge in [-0.15, -0.1) is 0 Å². The van der Waals surface area contributed by atoms with Crippen molar-refractivity contribution in [1.82, 2.24) is 5.43 Å². The summed E-state index contributed by atoms with van der Waals surface area (Å²) in [5.74, 6) is 1.09. The van der Waals surface area contributed by atoms with Gasteiger partial charge in [-0.3, -0.25) is 4.79 Å². The Morgan fingerprint density at radius 3 is 2.33 bits per heavy atom. The zero-order chi connectivity index (χ0) is 27.6. The van der Waals surface area contributed by atoms with Gasteiger partial charge in [0, 0.05) is 0 Å². The molecule has 200 valence electrons. The molecule has 1 amide bonds. The third kappa shape index (κ3) is 7.04. The molecule has 0 fully saturated rings. The van der Waals surface area contributed by atoms with E-state index in [-0.39, 0.29) is 17.9 Å². The first kappa shape index (κ1) is 27.0. The largest absolute Gasteiger partial charge is 0.493 e. The Labute approximate surface area is 225 Å². The van der Waals surface area contributed by atoms with Gasteiger partial charge in [-0.05, 0) is 71.8 Å². The first-order valence-electron chi connectivity index (χ1n) is 12.1. The smallest absolute Gasteiger partial charge is 0.343 e. The van der Waals surface area contributed by atoms with Crippen LogP contribution in [-0.2, 0) is 4.79 Å². The fourth-order valence-electron chi connectivity index (χ4n) is 3.70. The number of hydrogen-bond acceptors (Lipinski definition) is 8. The minimum Gasteiger partial charge on any atom is -0.493 e. The van der Waals surface area contributed by atoms with Crippen molar-refractivity contribution in [2.75, 3.05) is 27.4 Å². The summed E-state index contributed by atoms with van der Waals surface area (Å²) in [6, 6.07) is 23.2. The Morgan fingerprint density at radius 2 is 1.56 bits per heavy atom. The van der Waals surface area contributed by atoms with Crippen molar-refractivity contribution in [3.05, 3.63) is 90.0 Å². The third-order valence-corrected chi connectivity index (χ3v) is 5.58. The van der Waals surface area contributed by atoms with Gasteiger partial charge in [-0.2, -0.15) is 5.10 Å². The topological polar surface area (TPSA) is 105 Å². The van der Waals surface area contributed by atoms with Gasteiger partial charge in [0.2, 0.25) is 0 Å². The predicted octanol–water partition coefficient (Wildman–Crippen LogP) is 5.00. The molecule has 0 radical (unpaired) electrons. The Hall–Kier alpha value is -5.05. The molecule has 4 rings (SSSR count). The molecule has 1 N–H and O–H groups in total. The average Bonchev–Trinajstić information content (AvgIpc) is 2.96. The summed E-state index contributed by atoms with van der Waals surface area (Å²) in [5, 5.41) is 6.10. The molecule has 9 nitrogen and oxygen atoms in total. The van der Waals surface area contributed by atoms with E-state index in [1.54, 1.807) is 30.3 Å². The lowest BCUT2D eigenvalue weighted by Gasteiger charge is -2.12. The molecule has 0 aliphatic rings. The number of carbonyl (C=O) groups excluding carboxylic acids is 2. The average molecular weight is 529 g/mol. The molecule has 4 aromatic rings. The van der Waals surface area contributed by atoms with Crippen molar-refractivity contribution in [1.29, 1.82) is 0 Å². The number of hydrazone groups is 1. The van der Waals surface area contributed by atoms with Gasteiger partial charge in [0.15, 0.2) is 29.6 Å². The molecule has 0 bridgehead atoms. The highest BCUT2D eigenvalue weighted by Gasteiger charge is 2.16. The number of amides is 1. The maximum absolute atomic E-state index is 12.7. The van der Waals surface area contributed by atoms with Crippen LogP contribution in [0.5, 0.6) is 28.7 Å². The third-order valence-electron chi connectivity index (χ3n) is 5.58. The van der Waals surface area contributed by atoms with Gasteiger partial charge in [0.1, 0.15) is 5.75 Å². The molecule has 0 aromatic heterocycles. The second-order valence-electron chi connectivity index (χ2n) is 8.19. The first-order chi connectivity index (χ1) is 19.0. The molecule has 0 aliphatic heterocycles. The summed E-state index contributed by atoms with van der Waals surface area (Å²) in [7, 11) is 3.00. The Morgan fingerprint density at radius 1 is 0.795 bits per heavy atom. The normalized spacial score (nSPS) is 10.7. The molecule has 0 spiro atoms. The monoisotopic (exact) mass is 528 g/mol. The van der Waals surface area contributed by atoms with Crippen molar-refractivity contribution >= 4 is 28.9 Å². The summed E-state index contributed by atoms with van der Waals surface area (Å²) >= 11 is 0. The lowest BCUT2D eigenvalue weighted by Crippen LogP contribution is -2.24. The number of ether oxygens (including phenoxy) is 5. The predicted molar refractivity (Wildman–Crippen MR) is 147 cm³/mol. The molecule has 0 heterocycles. The van der Waals surface area contributed by atoms with Crippen molar-refractivity contribution < 1.29 is 33.3 Å². The lowest BCUT2D eigenvalue weighted by atomic mass is 10.1. The highest BCUT2D eigenvalue weighted by Crippen LogP contribution is 2.31. The van der Waals surface area contributed by atoms with E-state index < -0.39 is 11.9 Å². The van der Waals surface area contributed by atoms with Gasteiger partial charge in [-0.1, -0.05) is 30.3 Å². The molecule has 9 heteroatoms. The number of esters is 1. The van der Waals surface area contributed by atoms with Gasteiger partial charge in [-0.25, -0.2) is 10.2 Å². The number of hydrogen-bond donors (Lipinski definition) is 1. The van der Waals surface area contributed by atoms with Crippen LogP contribution < -0.4 is 29.1 Å². The van der Waals surface area contributed by atoms with Crippen LogP contribution in [0.1, 0.15) is 22.8 Å². The standard InChI is InChI=1S/C30H28N2O7/c1-4-37-28-15-20(9-13-26(28)39-30(34)23-11-14-25(35-2)27(17-23)36-3)18-31-32-29(33)19-38-24-12-10-21-7-5-6-8-22(21)16-24/h5-18H,4,19H2,1-3H3,(H,32,33)/b31-18+. The Bertz CT molecular complexity index is 1500. The van der Waals surface area contributed by atoms with E-state index in [9.17, 15) is 9.59 Å². The zero-order valence-electron chi connectivity index (χ0n) is 21.8. The highest BCUT2D eigenvalue weighted by molar-refractivity contribution is 5.92. The van der Waals surface area contributed by atoms with Gasteiger partial charge >= 0.3 is 5.97 Å². The number of nitrogens with zero attached hydrogens (tertiary/aromatic N) is 1. The maximum Gasteiger partial charge on any atom is 0.343 e. The number of rotatable bonds is 11. The van der Waals surface area contributed by atoms with Crippen LogP contribution in [0.3, 0.4) is 0 Å². The number of carbonyl (C=O) groups is 2. The fraction of sp³-hybridized carbons (Fsp3) is 0.167. The van der Waals surface area contributed by atoms with E-state index in [4.69, 9.17) is 23.7 Å². The molecule has 0 atom stereocenters. The van der Waals surface area contributed by atoms with Crippen LogP contribution in [0.25, 0.3) is 10.8 Å². The van der Waals surface area contributed by atoms with E-state index >= 15 is 0 Å². The summed E-state index contributed by atoms with van der Waals surface area (Å²) < 4.78 is 27.3. The number of benzene rings is 4. The van der Waals surface area contributed by atoms with Crippen molar-refractivity contribution in [3.8, 4) is 28.7 Å². The second-order valence-corrected chi connectivity index (χ2v) is 8.19. The molecule has 39 heavy (non-hydrogen) atoms. The van der Waals surface area contributed by atoms with Gasteiger partial charge in [0.25, 0.3) is 5.91 Å². The summed E-state index contributed by atoms with van der Waals surface area (Å²) in [6.07, 6.45) is 1.45. The summed E-state index contributed by atoms with van der Waals surface area (Å²) in [6.45, 7) is 1.98. The Balaban J connectivity index is 1.36. The van der Waals surface area contributed by atoms with E-state index in [2.05, 4.69) is 10.5 Å². The SMILES string of the molecule is CCOc1cc(/C=N/NC(=O)COc2ccc3ccccc3c2)ccc1OC(=O)c1ccc(OC)c(OC)c1. The van der Waals surface area contributed by atoms with E-state index in [1.807, 2.05) is 49.4 Å². The zero-order valence-corrected chi connectivity index (χ0v) is 21.8. The van der Waals surface area contributed by atoms with Crippen LogP contribution in [0.4, 0.5) is 0 Å². The van der Waals surface area contributed by atoms with E-state index in [0.29, 0.717) is 35.2 Å². The molecule has 0 aliphatic carbocycles.